The second-order valence-corrected chi connectivity index (χ2v) is 5.28. The Bertz CT molecular complexity index is 620. The number of hydrogen-bond donors (Lipinski definition) is 0. The molecule has 2 nitrogen and oxygen atoms in total. The number of hydrogen-bond acceptors (Lipinski definition) is 1. The molecule has 0 unspecified atom stereocenters. The minimum absolute atomic E-state index is 0. The molecule has 1 aliphatic carbocycles. The molecule has 0 atom stereocenters. The molecule has 1 amide bonds. The molecule has 3 rings (SSSR count). The van der Waals surface area contributed by atoms with Gasteiger partial charge in [-0.25, -0.2) is 0 Å². The molecule has 0 saturated carbocycles. The van der Waals surface area contributed by atoms with Gasteiger partial charge in [0.2, 0.25) is 0 Å². The summed E-state index contributed by atoms with van der Waals surface area (Å²) >= 11 is 0. The number of carbonyl (C=O) groups excluding carboxylic acids is 1. The first-order chi connectivity index (χ1) is 9.74. The molecule has 0 aromatic heterocycles. The topological polar surface area (TPSA) is 31.2 Å². The van der Waals surface area contributed by atoms with E-state index in [0.29, 0.717) is 0 Å². The smallest absolute Gasteiger partial charge is 0.0662 e. The fourth-order valence-electron chi connectivity index (χ4n) is 3.49. The molecule has 1 aliphatic rings. The van der Waals surface area contributed by atoms with Gasteiger partial charge in [0.15, 0.2) is 0 Å². The summed E-state index contributed by atoms with van der Waals surface area (Å²) in [5.74, 6) is -0.0420. The van der Waals surface area contributed by atoms with Gasteiger partial charge in [0.1, 0.15) is 0 Å². The minimum atomic E-state index is -0.611. The van der Waals surface area contributed by atoms with Crippen molar-refractivity contribution in [3.8, 4) is 0 Å². The third kappa shape index (κ3) is 1.78. The van der Waals surface area contributed by atoms with Gasteiger partial charge in [0.25, 0.3) is 0 Å². The number of likely N-dealkylation sites (N-methyl/N-ethyl adjacent to an activating group) is 1. The van der Waals surface area contributed by atoms with Crippen molar-refractivity contribution in [2.45, 2.75) is 25.2 Å². The summed E-state index contributed by atoms with van der Waals surface area (Å²) in [4.78, 5) is 12.7. The SMILES string of the molecule is CCC1(C(=O)[N-]C)c2ccccc2Cc2ccccc21.[Rf]. The Hall–Kier alpha value is -3.09. The second kappa shape index (κ2) is 5.12. The fraction of sp³-hybridized carbons (Fsp3) is 0.278. The molecule has 3 heteroatoms. The van der Waals surface area contributed by atoms with E-state index in [4.69, 9.17) is 0 Å². The molecule has 0 radical (unpaired) electrons. The van der Waals surface area contributed by atoms with Gasteiger partial charge in [-0.2, -0.15) is 0 Å². The molecule has 0 spiro atoms. The Kier molecular flexibility index (Phi) is 3.49. The van der Waals surface area contributed by atoms with Gasteiger partial charge >= 0.3 is 0 Å². The van der Waals surface area contributed by atoms with E-state index >= 15 is 0 Å². The van der Waals surface area contributed by atoms with E-state index in [2.05, 4.69) is 36.5 Å². The van der Waals surface area contributed by atoms with Crippen LogP contribution in [0.15, 0.2) is 48.5 Å². The molecule has 0 bridgehead atoms. The van der Waals surface area contributed by atoms with E-state index in [9.17, 15) is 4.79 Å². The van der Waals surface area contributed by atoms with Crippen LogP contribution >= 0.6 is 0 Å². The zero-order valence-electron chi connectivity index (χ0n) is 12.6. The van der Waals surface area contributed by atoms with Crippen molar-refractivity contribution < 1.29 is 4.79 Å². The molecule has 0 saturated heterocycles. The first-order valence-electron chi connectivity index (χ1n) is 7.05. The second-order valence-electron chi connectivity index (χ2n) is 5.28. The van der Waals surface area contributed by atoms with Crippen LogP contribution in [0, 0.1) is 0 Å². The first-order valence-corrected chi connectivity index (χ1v) is 7.05. The summed E-state index contributed by atoms with van der Waals surface area (Å²) in [7, 11) is 1.60. The molecular weight excluding hydrogens is 513 g/mol. The predicted molar refractivity (Wildman–Crippen MR) is 81.1 cm³/mol. The largest absolute Gasteiger partial charge is 0.655 e. The van der Waals surface area contributed by atoms with Gasteiger partial charge in [-0.05, 0) is 35.1 Å². The zero-order chi connectivity index (χ0) is 14.2. The van der Waals surface area contributed by atoms with Crippen molar-refractivity contribution in [1.29, 1.82) is 0 Å². The average Bonchev–Trinajstić information content (AvgIpc) is 2.52. The Morgan fingerprint density at radius 1 is 1.05 bits per heavy atom. The van der Waals surface area contributed by atoms with Gasteiger partial charge in [-0.15, -0.1) is 7.05 Å². The molecule has 2 aromatic carbocycles. The van der Waals surface area contributed by atoms with E-state index in [0.717, 1.165) is 24.0 Å². The van der Waals surface area contributed by atoms with Crippen LogP contribution in [0.1, 0.15) is 35.6 Å². The van der Waals surface area contributed by atoms with Crippen molar-refractivity contribution in [1.82, 2.24) is 0 Å². The van der Waals surface area contributed by atoms with Crippen LogP contribution < -0.4 is 0 Å². The van der Waals surface area contributed by atoms with Crippen molar-refractivity contribution in [2.24, 2.45) is 0 Å². The van der Waals surface area contributed by atoms with Gasteiger partial charge in [0, 0.05) is 0 Å². The van der Waals surface area contributed by atoms with Gasteiger partial charge in [-0.3, -0.25) is 0 Å². The molecule has 0 heterocycles. The van der Waals surface area contributed by atoms with Crippen LogP contribution in [0.3, 0.4) is 0 Å². The van der Waals surface area contributed by atoms with E-state index in [1.807, 2.05) is 24.3 Å². The normalized spacial score (nSPS) is 14.4. The number of amides is 1. The van der Waals surface area contributed by atoms with Gasteiger partial charge in [-0.1, -0.05) is 55.5 Å². The zero-order valence-corrected chi connectivity index (χ0v) is 19.0. The number of benzene rings is 2. The Morgan fingerprint density at radius 3 is 1.95 bits per heavy atom. The van der Waals surface area contributed by atoms with Crippen LogP contribution in [0.5, 0.6) is 0 Å². The van der Waals surface area contributed by atoms with E-state index in [1.165, 1.54) is 11.1 Å². The minimum Gasteiger partial charge on any atom is -0.655 e. The molecular formula is C18H18NORf-. The molecule has 104 valence electrons. The van der Waals surface area contributed by atoms with Crippen molar-refractivity contribution in [3.05, 3.63) is 76.1 Å². The summed E-state index contributed by atoms with van der Waals surface area (Å²) in [6.07, 6.45) is 1.63. The maximum absolute atomic E-state index is 12.7. The summed E-state index contributed by atoms with van der Waals surface area (Å²) in [6, 6.07) is 16.5. The third-order valence-electron chi connectivity index (χ3n) is 4.43. The van der Waals surface area contributed by atoms with Crippen LogP contribution in [0.4, 0.5) is 0 Å². The summed E-state index contributed by atoms with van der Waals surface area (Å²) in [6.45, 7) is 2.07. The average molecular weight is 531 g/mol. The maximum atomic E-state index is 12.7. The van der Waals surface area contributed by atoms with Gasteiger partial charge < -0.3 is 10.1 Å². The van der Waals surface area contributed by atoms with Crippen LogP contribution in [0.2, 0.25) is 0 Å². The summed E-state index contributed by atoms with van der Waals surface area (Å²) < 4.78 is 0. The summed E-state index contributed by atoms with van der Waals surface area (Å²) in [5, 5.41) is 4.01. The molecule has 0 aliphatic heterocycles. The maximum Gasteiger partial charge on any atom is 0.0662 e. The fourth-order valence-corrected chi connectivity index (χ4v) is 3.49. The number of fused-ring (bicyclic) bond motifs is 2. The monoisotopic (exact) mass is 531 g/mol. The molecule has 0 fully saturated rings. The third-order valence-corrected chi connectivity index (χ3v) is 4.43. The molecule has 21 heavy (non-hydrogen) atoms. The molecule has 0 N–H and O–H groups in total. The Balaban J connectivity index is 0.00000161. The number of rotatable bonds is 2. The van der Waals surface area contributed by atoms with Crippen LogP contribution in [0.25, 0.3) is 5.32 Å². The van der Waals surface area contributed by atoms with E-state index in [-0.39, 0.29) is 5.91 Å². The Labute approximate surface area is 119 Å². The van der Waals surface area contributed by atoms with Crippen molar-refractivity contribution in [3.63, 3.8) is 0 Å². The number of carbonyl (C=O) groups is 1. The first kappa shape index (κ1) is 14.3. The van der Waals surface area contributed by atoms with Crippen molar-refractivity contribution >= 4 is 5.91 Å². The predicted octanol–water partition coefficient (Wildman–Crippen LogP) is 3.82. The summed E-state index contributed by atoms with van der Waals surface area (Å²) in [5.41, 5.74) is 4.11. The Morgan fingerprint density at radius 2 is 1.52 bits per heavy atom. The van der Waals surface area contributed by atoms with E-state index < -0.39 is 5.41 Å². The molecule has 2 aromatic rings. The van der Waals surface area contributed by atoms with E-state index in [1.54, 1.807) is 7.05 Å². The van der Waals surface area contributed by atoms with Crippen LogP contribution in [-0.2, 0) is 16.6 Å². The van der Waals surface area contributed by atoms with Crippen molar-refractivity contribution in [2.75, 3.05) is 7.05 Å². The number of nitrogens with zero attached hydrogens (tertiary/aromatic N) is 1. The van der Waals surface area contributed by atoms with Crippen LogP contribution in [-0.4, -0.2) is 13.0 Å². The standard InChI is InChI=1S/C18H19NO.Rf/c1-3-18(17(20)19-2)15-10-6-4-8-13(15)12-14-9-5-7-11-16(14)18;/h4-11H,3,12H2,1-2H3,(H,19,20);/p-1. The van der Waals surface area contributed by atoms with Gasteiger partial charge in [0.05, 0.1) is 11.3 Å². The quantitative estimate of drug-likeness (QED) is 0.580.